The monoisotopic (exact) mass is 149 g/mol. The smallest absolute Gasteiger partial charge is 0.101 e. The van der Waals surface area contributed by atoms with E-state index in [0.29, 0.717) is 6.54 Å². The minimum Gasteiger partial charge on any atom is -0.327 e. The molecule has 0 aliphatic carbocycles. The molecule has 0 atom stereocenters. The van der Waals surface area contributed by atoms with Gasteiger partial charge < -0.3 is 5.73 Å². The molecular formula is C9H16BN. The first kappa shape index (κ1) is 10.2. The summed E-state index contributed by atoms with van der Waals surface area (Å²) in [5.41, 5.74) is 6.69. The lowest BCUT2D eigenvalue weighted by atomic mass is 10.0. The summed E-state index contributed by atoms with van der Waals surface area (Å²) in [5, 5.41) is 0. The van der Waals surface area contributed by atoms with Gasteiger partial charge in [0, 0.05) is 6.54 Å². The van der Waals surface area contributed by atoms with E-state index in [2.05, 4.69) is 20.5 Å². The Morgan fingerprint density at radius 1 is 1.55 bits per heavy atom. The average Bonchev–Trinajstić information content (AvgIpc) is 2.05. The van der Waals surface area contributed by atoms with Crippen LogP contribution in [0, 0.1) is 0 Å². The van der Waals surface area contributed by atoms with E-state index < -0.39 is 0 Å². The molecule has 0 fully saturated rings. The van der Waals surface area contributed by atoms with E-state index in [9.17, 15) is 0 Å². The van der Waals surface area contributed by atoms with Gasteiger partial charge in [-0.1, -0.05) is 37.2 Å². The summed E-state index contributed by atoms with van der Waals surface area (Å²) >= 11 is 0. The maximum absolute atomic E-state index is 5.50. The predicted molar refractivity (Wildman–Crippen MR) is 54.4 cm³/mol. The molecule has 11 heavy (non-hydrogen) atoms. The number of allylic oxidation sites excluding steroid dienone is 3. The van der Waals surface area contributed by atoms with Crippen LogP contribution in [-0.4, -0.2) is 14.4 Å². The highest BCUT2D eigenvalue weighted by molar-refractivity contribution is 6.08. The minimum atomic E-state index is 0.615. The van der Waals surface area contributed by atoms with Crippen LogP contribution >= 0.6 is 0 Å². The number of rotatable bonds is 5. The Morgan fingerprint density at radius 3 is 2.73 bits per heavy atom. The van der Waals surface area contributed by atoms with Crippen molar-refractivity contribution in [1.82, 2.24) is 0 Å². The molecule has 0 heterocycles. The third kappa shape index (κ3) is 5.68. The van der Waals surface area contributed by atoms with Crippen LogP contribution in [0.25, 0.3) is 0 Å². The Hall–Kier alpha value is -0.755. The second-order valence-corrected chi connectivity index (χ2v) is 2.37. The molecule has 0 aliphatic heterocycles. The molecule has 0 amide bonds. The molecule has 0 aliphatic rings. The second-order valence-electron chi connectivity index (χ2n) is 2.37. The Kier molecular flexibility index (Phi) is 6.85. The first-order chi connectivity index (χ1) is 5.35. The van der Waals surface area contributed by atoms with E-state index in [1.807, 2.05) is 12.2 Å². The van der Waals surface area contributed by atoms with Crippen LogP contribution in [0.2, 0.25) is 6.32 Å². The number of nitrogens with two attached hydrogens (primary N) is 1. The molecule has 0 bridgehead atoms. The van der Waals surface area contributed by atoms with Crippen molar-refractivity contribution >= 4 is 7.85 Å². The Labute approximate surface area is 70.1 Å². The Bertz CT molecular complexity index is 159. The Balaban J connectivity index is 3.92. The Morgan fingerprint density at radius 2 is 2.27 bits per heavy atom. The molecule has 2 heteroatoms. The molecule has 2 N–H and O–H groups in total. The highest BCUT2D eigenvalue weighted by atomic mass is 14.5. The molecule has 0 saturated carbocycles. The van der Waals surface area contributed by atoms with Crippen LogP contribution in [-0.2, 0) is 0 Å². The molecule has 1 nitrogen and oxygen atoms in total. The minimum absolute atomic E-state index is 0.615. The van der Waals surface area contributed by atoms with Crippen molar-refractivity contribution in [3.05, 3.63) is 36.5 Å². The summed E-state index contributed by atoms with van der Waals surface area (Å²) < 4.78 is 0. The predicted octanol–water partition coefficient (Wildman–Crippen LogP) is 1.06. The van der Waals surface area contributed by atoms with Gasteiger partial charge in [0.1, 0.15) is 7.85 Å². The summed E-state index contributed by atoms with van der Waals surface area (Å²) in [6.45, 7) is 4.21. The van der Waals surface area contributed by atoms with Crippen molar-refractivity contribution < 1.29 is 0 Å². The van der Waals surface area contributed by atoms with Crippen LogP contribution in [0.4, 0.5) is 0 Å². The quantitative estimate of drug-likeness (QED) is 0.459. The summed E-state index contributed by atoms with van der Waals surface area (Å²) in [6.07, 6.45) is 10.1. The van der Waals surface area contributed by atoms with E-state index in [1.54, 1.807) is 6.08 Å². The molecule has 0 aromatic rings. The normalized spacial score (nSPS) is 12.3. The zero-order valence-corrected chi connectivity index (χ0v) is 7.22. The van der Waals surface area contributed by atoms with Gasteiger partial charge in [-0.2, -0.15) is 0 Å². The van der Waals surface area contributed by atoms with Gasteiger partial charge in [-0.15, -0.1) is 0 Å². The molecule has 0 unspecified atom stereocenters. The van der Waals surface area contributed by atoms with E-state index in [1.165, 1.54) is 11.9 Å². The van der Waals surface area contributed by atoms with E-state index in [4.69, 9.17) is 5.73 Å². The van der Waals surface area contributed by atoms with E-state index in [0.717, 1.165) is 6.42 Å². The zero-order chi connectivity index (χ0) is 8.53. The summed E-state index contributed by atoms with van der Waals surface area (Å²) in [4.78, 5) is 0. The summed E-state index contributed by atoms with van der Waals surface area (Å²) in [6, 6.07) is 0. The first-order valence-electron chi connectivity index (χ1n) is 4.03. The van der Waals surface area contributed by atoms with Gasteiger partial charge in [0.2, 0.25) is 0 Å². The molecule has 0 spiro atoms. The first-order valence-corrected chi connectivity index (χ1v) is 4.03. The molecular weight excluding hydrogens is 133 g/mol. The third-order valence-corrected chi connectivity index (χ3v) is 1.38. The van der Waals surface area contributed by atoms with E-state index >= 15 is 0 Å². The van der Waals surface area contributed by atoms with Crippen LogP contribution in [0.5, 0.6) is 0 Å². The van der Waals surface area contributed by atoms with Crippen LogP contribution < -0.4 is 5.73 Å². The van der Waals surface area contributed by atoms with Gasteiger partial charge in [0.05, 0.1) is 0 Å². The summed E-state index contributed by atoms with van der Waals surface area (Å²) in [5.74, 6) is 0. The zero-order valence-electron chi connectivity index (χ0n) is 7.22. The lowest BCUT2D eigenvalue weighted by Gasteiger charge is -1.94. The van der Waals surface area contributed by atoms with Gasteiger partial charge in [0.15, 0.2) is 0 Å². The lowest BCUT2D eigenvalue weighted by Crippen LogP contribution is -2.00. The van der Waals surface area contributed by atoms with Crippen LogP contribution in [0.3, 0.4) is 0 Å². The topological polar surface area (TPSA) is 26.0 Å². The molecule has 0 radical (unpaired) electrons. The SMILES string of the molecule is BCC/C=C(\C=C/C=C)CN. The van der Waals surface area contributed by atoms with Crippen molar-refractivity contribution in [3.8, 4) is 0 Å². The van der Waals surface area contributed by atoms with Crippen molar-refractivity contribution in [2.75, 3.05) is 6.54 Å². The fourth-order valence-electron chi connectivity index (χ4n) is 0.741. The van der Waals surface area contributed by atoms with Gasteiger partial charge in [-0.3, -0.25) is 0 Å². The van der Waals surface area contributed by atoms with Gasteiger partial charge >= 0.3 is 0 Å². The largest absolute Gasteiger partial charge is 0.327 e. The maximum atomic E-state index is 5.50. The maximum Gasteiger partial charge on any atom is 0.101 e. The number of hydrogen-bond donors (Lipinski definition) is 1. The third-order valence-electron chi connectivity index (χ3n) is 1.38. The highest BCUT2D eigenvalue weighted by Gasteiger charge is 1.84. The van der Waals surface area contributed by atoms with E-state index in [-0.39, 0.29) is 0 Å². The lowest BCUT2D eigenvalue weighted by molar-refractivity contribution is 1.12. The fraction of sp³-hybridized carbons (Fsp3) is 0.333. The molecule has 60 valence electrons. The highest BCUT2D eigenvalue weighted by Crippen LogP contribution is 1.98. The second kappa shape index (κ2) is 7.35. The van der Waals surface area contributed by atoms with Crippen molar-refractivity contribution in [2.24, 2.45) is 5.73 Å². The van der Waals surface area contributed by atoms with Gasteiger partial charge in [0.25, 0.3) is 0 Å². The van der Waals surface area contributed by atoms with Crippen LogP contribution in [0.1, 0.15) is 6.42 Å². The molecule has 0 aromatic carbocycles. The molecule has 0 aromatic heterocycles. The molecule has 0 saturated heterocycles. The number of hydrogen-bond acceptors (Lipinski definition) is 1. The van der Waals surface area contributed by atoms with Gasteiger partial charge in [-0.25, -0.2) is 0 Å². The van der Waals surface area contributed by atoms with Crippen molar-refractivity contribution in [2.45, 2.75) is 12.7 Å². The van der Waals surface area contributed by atoms with Gasteiger partial charge in [-0.05, 0) is 12.0 Å². The molecule has 0 rings (SSSR count). The fourth-order valence-corrected chi connectivity index (χ4v) is 0.741. The standard InChI is InChI=1S/C9H16BN/c1-2-3-5-9(8-11)6-4-7-10/h2-3,5-6H,1,4,7-8,10-11H2/b5-3-,9-6+. The van der Waals surface area contributed by atoms with Crippen LogP contribution in [0.15, 0.2) is 36.5 Å². The van der Waals surface area contributed by atoms with Crippen molar-refractivity contribution in [1.29, 1.82) is 0 Å². The van der Waals surface area contributed by atoms with Crippen molar-refractivity contribution in [3.63, 3.8) is 0 Å². The summed E-state index contributed by atoms with van der Waals surface area (Å²) in [7, 11) is 2.15. The average molecular weight is 149 g/mol.